The van der Waals surface area contributed by atoms with Gasteiger partial charge in [-0.1, -0.05) is 17.7 Å². The van der Waals surface area contributed by atoms with E-state index in [4.69, 9.17) is 16.3 Å². The summed E-state index contributed by atoms with van der Waals surface area (Å²) in [4.78, 5) is 39.5. The molecule has 0 radical (unpaired) electrons. The minimum atomic E-state index is -0.323. The number of aromatic nitrogens is 3. The number of hydrogen-bond acceptors (Lipinski definition) is 6. The second kappa shape index (κ2) is 8.46. The zero-order valence-electron chi connectivity index (χ0n) is 16.1. The van der Waals surface area contributed by atoms with Crippen LogP contribution in [-0.2, 0) is 13.0 Å². The van der Waals surface area contributed by atoms with Gasteiger partial charge < -0.3 is 9.64 Å². The van der Waals surface area contributed by atoms with Gasteiger partial charge in [-0.05, 0) is 30.3 Å². The summed E-state index contributed by atoms with van der Waals surface area (Å²) in [5.74, 6) is 0.368. The Hall–Kier alpha value is -3.52. The number of hydrogen-bond donors (Lipinski definition) is 1. The molecule has 2 amide bonds. The number of rotatable bonds is 4. The van der Waals surface area contributed by atoms with Gasteiger partial charge in [0.25, 0.3) is 11.8 Å². The van der Waals surface area contributed by atoms with Gasteiger partial charge in [0.15, 0.2) is 0 Å². The minimum Gasteiger partial charge on any atom is -0.497 e. The summed E-state index contributed by atoms with van der Waals surface area (Å²) in [6.45, 7) is 0.893. The van der Waals surface area contributed by atoms with E-state index in [1.165, 1.54) is 6.20 Å². The first-order chi connectivity index (χ1) is 14.5. The van der Waals surface area contributed by atoms with Crippen molar-refractivity contribution in [3.05, 3.63) is 76.3 Å². The number of ether oxygens (including phenoxy) is 1. The number of halogens is 1. The molecular weight excluding hydrogens is 406 g/mol. The number of carbonyl (C=O) groups is 2. The fraction of sp³-hybridized carbons (Fsp3) is 0.190. The quantitative estimate of drug-likeness (QED) is 0.648. The Labute approximate surface area is 177 Å². The van der Waals surface area contributed by atoms with Gasteiger partial charge in [-0.3, -0.25) is 14.9 Å². The van der Waals surface area contributed by atoms with Crippen molar-refractivity contribution in [1.82, 2.24) is 19.9 Å². The largest absolute Gasteiger partial charge is 0.497 e. The molecule has 152 valence electrons. The molecule has 3 aromatic rings. The number of nitrogens with zero attached hydrogens (tertiary/aromatic N) is 4. The molecule has 30 heavy (non-hydrogen) atoms. The van der Waals surface area contributed by atoms with E-state index >= 15 is 0 Å². The molecule has 1 aliphatic rings. The molecule has 8 nitrogen and oxygen atoms in total. The van der Waals surface area contributed by atoms with Crippen LogP contribution in [0.5, 0.6) is 5.75 Å². The van der Waals surface area contributed by atoms with E-state index in [0.717, 1.165) is 11.3 Å². The maximum atomic E-state index is 12.7. The van der Waals surface area contributed by atoms with Crippen molar-refractivity contribution in [3.63, 3.8) is 0 Å². The molecule has 0 atom stereocenters. The van der Waals surface area contributed by atoms with Crippen molar-refractivity contribution in [1.29, 1.82) is 0 Å². The van der Waals surface area contributed by atoms with Gasteiger partial charge in [0, 0.05) is 48.6 Å². The lowest BCUT2D eigenvalue weighted by Gasteiger charge is -2.28. The summed E-state index contributed by atoms with van der Waals surface area (Å²) in [5, 5.41) is 2.98. The lowest BCUT2D eigenvalue weighted by atomic mass is 10.1. The predicted molar refractivity (Wildman–Crippen MR) is 111 cm³/mol. The van der Waals surface area contributed by atoms with Crippen LogP contribution in [0.3, 0.4) is 0 Å². The maximum absolute atomic E-state index is 12.7. The van der Waals surface area contributed by atoms with E-state index in [-0.39, 0.29) is 22.9 Å². The lowest BCUT2D eigenvalue weighted by Crippen LogP contribution is -2.36. The minimum absolute atomic E-state index is 0.125. The van der Waals surface area contributed by atoms with Crippen LogP contribution in [0.1, 0.15) is 32.0 Å². The Morgan fingerprint density at radius 1 is 1.17 bits per heavy atom. The van der Waals surface area contributed by atoms with E-state index in [1.54, 1.807) is 54.6 Å². The van der Waals surface area contributed by atoms with Crippen molar-refractivity contribution in [2.75, 3.05) is 19.0 Å². The van der Waals surface area contributed by atoms with Gasteiger partial charge in [0.2, 0.25) is 5.95 Å². The van der Waals surface area contributed by atoms with Crippen LogP contribution in [0.4, 0.5) is 5.95 Å². The third-order valence-corrected chi connectivity index (χ3v) is 4.96. The van der Waals surface area contributed by atoms with Crippen molar-refractivity contribution in [2.45, 2.75) is 13.0 Å². The number of amides is 2. The SMILES string of the molecule is COc1cccc(C(=O)Nc2ncc3c(n2)CCN(C(=O)c2ccnc(Cl)c2)C3)c1. The van der Waals surface area contributed by atoms with Crippen LogP contribution in [0, 0.1) is 0 Å². The zero-order chi connectivity index (χ0) is 21.1. The van der Waals surface area contributed by atoms with Gasteiger partial charge in [0.1, 0.15) is 10.9 Å². The molecule has 4 rings (SSSR count). The van der Waals surface area contributed by atoms with E-state index in [2.05, 4.69) is 20.3 Å². The molecule has 3 heterocycles. The number of nitrogens with one attached hydrogen (secondary N) is 1. The summed E-state index contributed by atoms with van der Waals surface area (Å²) in [5.41, 5.74) is 2.59. The van der Waals surface area contributed by atoms with Gasteiger partial charge >= 0.3 is 0 Å². The van der Waals surface area contributed by atoms with Crippen molar-refractivity contribution in [2.24, 2.45) is 0 Å². The summed E-state index contributed by atoms with van der Waals surface area (Å²) < 4.78 is 5.14. The van der Waals surface area contributed by atoms with Crippen LogP contribution in [0.25, 0.3) is 0 Å². The fourth-order valence-corrected chi connectivity index (χ4v) is 3.38. The van der Waals surface area contributed by atoms with Crippen molar-refractivity contribution in [3.8, 4) is 5.75 Å². The summed E-state index contributed by atoms with van der Waals surface area (Å²) in [6.07, 6.45) is 3.71. The Bertz CT molecular complexity index is 1120. The number of methoxy groups -OCH3 is 1. The molecule has 0 fully saturated rings. The highest BCUT2D eigenvalue weighted by Crippen LogP contribution is 2.21. The first-order valence-electron chi connectivity index (χ1n) is 9.24. The molecule has 0 saturated carbocycles. The number of anilines is 1. The van der Waals surface area contributed by atoms with Gasteiger partial charge in [-0.2, -0.15) is 0 Å². The standard InChI is InChI=1S/C21H18ClN5O3/c1-30-16-4-2-3-13(9-16)19(28)26-21-24-11-15-12-27(8-6-17(15)25-21)20(29)14-5-7-23-18(22)10-14/h2-5,7,9-11H,6,8,12H2,1H3,(H,24,25,26,28). The lowest BCUT2D eigenvalue weighted by molar-refractivity contribution is 0.0733. The van der Waals surface area contributed by atoms with Crippen molar-refractivity contribution >= 4 is 29.4 Å². The van der Waals surface area contributed by atoms with Gasteiger partial charge in [-0.25, -0.2) is 15.0 Å². The Morgan fingerprint density at radius 2 is 2.03 bits per heavy atom. The highest BCUT2D eigenvalue weighted by molar-refractivity contribution is 6.29. The molecule has 0 aliphatic carbocycles. The molecule has 9 heteroatoms. The molecule has 0 saturated heterocycles. The molecule has 2 aromatic heterocycles. The van der Waals surface area contributed by atoms with E-state index < -0.39 is 0 Å². The highest BCUT2D eigenvalue weighted by Gasteiger charge is 2.24. The summed E-state index contributed by atoms with van der Waals surface area (Å²) in [6, 6.07) is 10.0. The molecular formula is C21H18ClN5O3. The van der Waals surface area contributed by atoms with Gasteiger partial charge in [-0.15, -0.1) is 0 Å². The van der Waals surface area contributed by atoms with E-state index in [0.29, 0.717) is 36.4 Å². The predicted octanol–water partition coefficient (Wildman–Crippen LogP) is 2.98. The van der Waals surface area contributed by atoms with Crippen LogP contribution in [0.2, 0.25) is 5.15 Å². The second-order valence-electron chi connectivity index (χ2n) is 6.70. The monoisotopic (exact) mass is 423 g/mol. The third kappa shape index (κ3) is 4.23. The average Bonchev–Trinajstić information content (AvgIpc) is 2.78. The molecule has 0 unspecified atom stereocenters. The number of carbonyl (C=O) groups excluding carboxylic acids is 2. The second-order valence-corrected chi connectivity index (χ2v) is 7.08. The molecule has 1 aliphatic heterocycles. The maximum Gasteiger partial charge on any atom is 0.258 e. The van der Waals surface area contributed by atoms with E-state index in [1.807, 2.05) is 0 Å². The van der Waals surface area contributed by atoms with Crippen molar-refractivity contribution < 1.29 is 14.3 Å². The Morgan fingerprint density at radius 3 is 2.83 bits per heavy atom. The van der Waals surface area contributed by atoms with Crippen LogP contribution in [-0.4, -0.2) is 45.3 Å². The third-order valence-electron chi connectivity index (χ3n) is 4.75. The fourth-order valence-electron chi connectivity index (χ4n) is 3.21. The first-order valence-corrected chi connectivity index (χ1v) is 9.62. The number of fused-ring (bicyclic) bond motifs is 1. The van der Waals surface area contributed by atoms with E-state index in [9.17, 15) is 9.59 Å². The van der Waals surface area contributed by atoms with Gasteiger partial charge in [0.05, 0.1) is 12.8 Å². The molecule has 0 spiro atoms. The smallest absolute Gasteiger partial charge is 0.258 e. The molecule has 0 bridgehead atoms. The average molecular weight is 424 g/mol. The van der Waals surface area contributed by atoms with Crippen LogP contribution >= 0.6 is 11.6 Å². The molecule has 1 aromatic carbocycles. The normalized spacial score (nSPS) is 12.8. The number of pyridine rings is 1. The highest BCUT2D eigenvalue weighted by atomic mass is 35.5. The summed E-state index contributed by atoms with van der Waals surface area (Å²) in [7, 11) is 1.54. The summed E-state index contributed by atoms with van der Waals surface area (Å²) >= 11 is 5.89. The Kier molecular flexibility index (Phi) is 5.58. The van der Waals surface area contributed by atoms with Crippen LogP contribution < -0.4 is 10.1 Å². The zero-order valence-corrected chi connectivity index (χ0v) is 16.9. The number of benzene rings is 1. The first kappa shape index (κ1) is 19.8. The Balaban J connectivity index is 1.46. The van der Waals surface area contributed by atoms with Crippen LogP contribution in [0.15, 0.2) is 48.8 Å². The molecule has 1 N–H and O–H groups in total. The topological polar surface area (TPSA) is 97.3 Å².